The fourth-order valence-corrected chi connectivity index (χ4v) is 2.58. The highest BCUT2D eigenvalue weighted by molar-refractivity contribution is 8.01. The summed E-state index contributed by atoms with van der Waals surface area (Å²) in [5.41, 5.74) is 0. The number of rotatable bonds is 5. The lowest BCUT2D eigenvalue weighted by atomic mass is 10.3. The summed E-state index contributed by atoms with van der Waals surface area (Å²) < 4.78 is 5.35. The molecule has 0 saturated carbocycles. The number of hydrogen-bond donors (Lipinski definition) is 1. The third-order valence-electron chi connectivity index (χ3n) is 2.65. The zero-order valence-electron chi connectivity index (χ0n) is 10.2. The molecule has 0 aromatic rings. The van der Waals surface area contributed by atoms with Gasteiger partial charge >= 0.3 is 5.97 Å². The first-order valence-corrected chi connectivity index (χ1v) is 6.83. The van der Waals surface area contributed by atoms with Crippen LogP contribution < -0.4 is 0 Å². The number of morpholine rings is 1. The van der Waals surface area contributed by atoms with E-state index in [9.17, 15) is 9.59 Å². The molecule has 0 aromatic heterocycles. The monoisotopic (exact) mass is 261 g/mol. The molecule has 0 bridgehead atoms. The van der Waals surface area contributed by atoms with Crippen LogP contribution in [-0.2, 0) is 14.3 Å². The maximum Gasteiger partial charge on any atom is 0.316 e. The summed E-state index contributed by atoms with van der Waals surface area (Å²) in [4.78, 5) is 24.4. The summed E-state index contributed by atoms with van der Waals surface area (Å²) in [7, 11) is 0. The molecular weight excluding hydrogens is 242 g/mol. The first kappa shape index (κ1) is 14.3. The molecule has 1 amide bonds. The number of amides is 1. The third kappa shape index (κ3) is 4.55. The molecule has 0 aliphatic carbocycles. The van der Waals surface area contributed by atoms with Crippen molar-refractivity contribution in [1.82, 2.24) is 4.90 Å². The van der Waals surface area contributed by atoms with Crippen molar-refractivity contribution in [2.75, 3.05) is 25.4 Å². The van der Waals surface area contributed by atoms with E-state index in [1.54, 1.807) is 4.90 Å². The van der Waals surface area contributed by atoms with Crippen molar-refractivity contribution in [2.45, 2.75) is 31.6 Å². The van der Waals surface area contributed by atoms with E-state index in [0.717, 1.165) is 0 Å². The fraction of sp³-hybridized carbons (Fsp3) is 0.818. The van der Waals surface area contributed by atoms with Crippen LogP contribution >= 0.6 is 11.8 Å². The number of carboxylic acid groups (broad SMARTS) is 1. The van der Waals surface area contributed by atoms with Crippen LogP contribution in [0.2, 0.25) is 0 Å². The van der Waals surface area contributed by atoms with Crippen molar-refractivity contribution >= 4 is 23.6 Å². The average molecular weight is 261 g/mol. The molecule has 1 fully saturated rings. The number of carboxylic acids is 1. The Balaban J connectivity index is 2.35. The molecule has 2 atom stereocenters. The van der Waals surface area contributed by atoms with E-state index in [4.69, 9.17) is 9.84 Å². The Morgan fingerprint density at radius 1 is 1.59 bits per heavy atom. The van der Waals surface area contributed by atoms with Gasteiger partial charge in [-0.1, -0.05) is 6.92 Å². The van der Waals surface area contributed by atoms with Gasteiger partial charge in [-0.15, -0.1) is 11.8 Å². The number of aliphatic carboxylic acids is 1. The zero-order valence-corrected chi connectivity index (χ0v) is 11.0. The van der Waals surface area contributed by atoms with Gasteiger partial charge in [0.15, 0.2) is 0 Å². The molecule has 1 saturated heterocycles. The lowest BCUT2D eigenvalue weighted by Crippen LogP contribution is -2.45. The Bertz CT molecular complexity index is 285. The van der Waals surface area contributed by atoms with Crippen molar-refractivity contribution in [1.29, 1.82) is 0 Å². The molecule has 6 heteroatoms. The molecule has 1 heterocycles. The molecule has 1 aliphatic rings. The van der Waals surface area contributed by atoms with Gasteiger partial charge in [-0.05, 0) is 13.3 Å². The van der Waals surface area contributed by atoms with Gasteiger partial charge in [0.05, 0.1) is 18.5 Å². The number of thioether (sulfide) groups is 1. The molecule has 5 nitrogen and oxygen atoms in total. The largest absolute Gasteiger partial charge is 0.480 e. The third-order valence-corrected chi connectivity index (χ3v) is 4.00. The summed E-state index contributed by atoms with van der Waals surface area (Å²) in [6, 6.07) is 0. The summed E-state index contributed by atoms with van der Waals surface area (Å²) >= 11 is 1.20. The van der Waals surface area contributed by atoms with Crippen LogP contribution in [0.25, 0.3) is 0 Å². The van der Waals surface area contributed by atoms with Crippen LogP contribution in [0.4, 0.5) is 0 Å². The smallest absolute Gasteiger partial charge is 0.316 e. The summed E-state index contributed by atoms with van der Waals surface area (Å²) in [5.74, 6) is -0.608. The van der Waals surface area contributed by atoms with Gasteiger partial charge in [0.1, 0.15) is 5.25 Å². The number of ether oxygens (including phenoxy) is 1. The molecule has 0 spiro atoms. The minimum absolute atomic E-state index is 0.00449. The van der Waals surface area contributed by atoms with Crippen LogP contribution in [-0.4, -0.2) is 58.7 Å². The van der Waals surface area contributed by atoms with Gasteiger partial charge in [0.2, 0.25) is 5.91 Å². The summed E-state index contributed by atoms with van der Waals surface area (Å²) in [5, 5.41) is 8.38. The van der Waals surface area contributed by atoms with E-state index < -0.39 is 11.2 Å². The van der Waals surface area contributed by atoms with Crippen molar-refractivity contribution in [3.63, 3.8) is 0 Å². The van der Waals surface area contributed by atoms with E-state index in [2.05, 4.69) is 0 Å². The molecule has 17 heavy (non-hydrogen) atoms. The predicted molar refractivity (Wildman–Crippen MR) is 66.2 cm³/mol. The second-order valence-electron chi connectivity index (χ2n) is 4.07. The Kier molecular flexibility index (Phi) is 5.77. The molecule has 1 rings (SSSR count). The van der Waals surface area contributed by atoms with Gasteiger partial charge < -0.3 is 14.7 Å². The van der Waals surface area contributed by atoms with Crippen molar-refractivity contribution < 1.29 is 19.4 Å². The summed E-state index contributed by atoms with van der Waals surface area (Å²) in [6.07, 6.45) is 0.603. The number of nitrogens with zero attached hydrogens (tertiary/aromatic N) is 1. The highest BCUT2D eigenvalue weighted by Crippen LogP contribution is 2.16. The Hall–Kier alpha value is -0.750. The van der Waals surface area contributed by atoms with Crippen LogP contribution in [0.3, 0.4) is 0 Å². The molecule has 98 valence electrons. The standard InChI is InChI=1S/C11H19NO4S/c1-3-9(11(14)15)17-7-10(13)12-4-5-16-8(2)6-12/h8-9H,3-7H2,1-2H3,(H,14,15). The van der Waals surface area contributed by atoms with Gasteiger partial charge in [0.25, 0.3) is 0 Å². The van der Waals surface area contributed by atoms with E-state index >= 15 is 0 Å². The van der Waals surface area contributed by atoms with E-state index in [0.29, 0.717) is 26.1 Å². The molecule has 1 aliphatic heterocycles. The molecular formula is C11H19NO4S. The van der Waals surface area contributed by atoms with Crippen LogP contribution in [0.5, 0.6) is 0 Å². The van der Waals surface area contributed by atoms with Gasteiger partial charge in [0, 0.05) is 13.1 Å². The Labute approximate surface area is 105 Å². The van der Waals surface area contributed by atoms with E-state index in [1.807, 2.05) is 13.8 Å². The maximum atomic E-state index is 11.8. The predicted octanol–water partition coefficient (Wildman–Crippen LogP) is 0.830. The first-order valence-electron chi connectivity index (χ1n) is 5.78. The highest BCUT2D eigenvalue weighted by Gasteiger charge is 2.23. The number of hydrogen-bond acceptors (Lipinski definition) is 4. The lowest BCUT2D eigenvalue weighted by molar-refractivity contribution is -0.136. The molecule has 0 radical (unpaired) electrons. The van der Waals surface area contributed by atoms with Crippen LogP contribution in [0, 0.1) is 0 Å². The molecule has 0 aromatic carbocycles. The average Bonchev–Trinajstić information content (AvgIpc) is 2.29. The zero-order chi connectivity index (χ0) is 12.8. The lowest BCUT2D eigenvalue weighted by Gasteiger charge is -2.31. The Morgan fingerprint density at radius 2 is 2.29 bits per heavy atom. The first-order chi connectivity index (χ1) is 8.04. The molecule has 2 unspecified atom stereocenters. The summed E-state index contributed by atoms with van der Waals surface area (Å²) in [6.45, 7) is 5.51. The van der Waals surface area contributed by atoms with E-state index in [1.165, 1.54) is 11.8 Å². The van der Waals surface area contributed by atoms with Gasteiger partial charge in [-0.25, -0.2) is 0 Å². The van der Waals surface area contributed by atoms with E-state index in [-0.39, 0.29) is 17.8 Å². The second-order valence-corrected chi connectivity index (χ2v) is 5.26. The minimum atomic E-state index is -0.847. The van der Waals surface area contributed by atoms with Crippen molar-refractivity contribution in [2.24, 2.45) is 0 Å². The SMILES string of the molecule is CCC(SCC(=O)N1CCOC(C)C1)C(=O)O. The van der Waals surface area contributed by atoms with Gasteiger partial charge in [-0.3, -0.25) is 9.59 Å². The van der Waals surface area contributed by atoms with Crippen LogP contribution in [0.15, 0.2) is 0 Å². The highest BCUT2D eigenvalue weighted by atomic mass is 32.2. The topological polar surface area (TPSA) is 66.8 Å². The van der Waals surface area contributed by atoms with Gasteiger partial charge in [-0.2, -0.15) is 0 Å². The molecule has 1 N–H and O–H groups in total. The van der Waals surface area contributed by atoms with Crippen molar-refractivity contribution in [3.05, 3.63) is 0 Å². The fourth-order valence-electron chi connectivity index (χ4n) is 1.67. The van der Waals surface area contributed by atoms with Crippen molar-refractivity contribution in [3.8, 4) is 0 Å². The van der Waals surface area contributed by atoms with Crippen LogP contribution in [0.1, 0.15) is 20.3 Å². The normalized spacial score (nSPS) is 22.2. The number of carbonyl (C=O) groups is 2. The Morgan fingerprint density at radius 3 is 2.82 bits per heavy atom. The second kappa shape index (κ2) is 6.86. The number of carbonyl (C=O) groups excluding carboxylic acids is 1. The quantitative estimate of drug-likeness (QED) is 0.794. The minimum Gasteiger partial charge on any atom is -0.480 e. The maximum absolute atomic E-state index is 11.8.